The third kappa shape index (κ3) is 10.4. The molecule has 0 saturated carbocycles. The number of rotatable bonds is 0. The fourth-order valence-electron chi connectivity index (χ4n) is 0. The Kier molecular flexibility index (Phi) is 17.2. The zero-order valence-corrected chi connectivity index (χ0v) is 9.71. The Balaban J connectivity index is -0.000000125. The van der Waals surface area contributed by atoms with Gasteiger partial charge in [0.05, 0.1) is 11.9 Å². The van der Waals surface area contributed by atoms with E-state index < -0.39 is 11.9 Å². The van der Waals surface area contributed by atoms with Crippen molar-refractivity contribution < 1.29 is 97.4 Å². The fraction of sp³-hybridized carbons (Fsp3) is 0. The van der Waals surface area contributed by atoms with Gasteiger partial charge in [0.2, 0.25) is 0 Å². The molecule has 0 aromatic carbocycles. The van der Waals surface area contributed by atoms with E-state index in [1.165, 1.54) is 0 Å². The maximum absolute atomic E-state index is 8.93. The molecule has 0 aliphatic rings. The smallest absolute Gasteiger partial charge is 0.543 e. The van der Waals surface area contributed by atoms with Crippen LogP contribution in [0.3, 0.4) is 0 Å². The Morgan fingerprint density at radius 3 is 1.12 bits per heavy atom. The van der Waals surface area contributed by atoms with E-state index in [0.29, 0.717) is 0 Å². The van der Waals surface area contributed by atoms with Crippen molar-refractivity contribution in [3.8, 4) is 0 Å². The van der Waals surface area contributed by atoms with E-state index >= 15 is 0 Å². The van der Waals surface area contributed by atoms with E-state index in [2.05, 4.69) is 0 Å². The molecule has 0 rings (SSSR count). The molecule has 8 heavy (non-hydrogen) atoms. The molecule has 0 amide bonds. The first-order chi connectivity index (χ1) is 2.64. The Hall–Kier alpha value is 1.46. The van der Waals surface area contributed by atoms with Gasteiger partial charge in [-0.2, -0.15) is 0 Å². The summed E-state index contributed by atoms with van der Waals surface area (Å²) in [6, 6.07) is 0. The minimum atomic E-state index is -2.19. The van der Waals surface area contributed by atoms with Crippen LogP contribution in [0.2, 0.25) is 0 Å². The van der Waals surface area contributed by atoms with E-state index in [0.717, 1.165) is 0 Å². The number of carbonyl (C=O) groups excluding carboxylic acids is 2. The first kappa shape index (κ1) is 16.2. The summed E-state index contributed by atoms with van der Waals surface area (Å²) in [6.07, 6.45) is 0. The van der Waals surface area contributed by atoms with Gasteiger partial charge in [0.15, 0.2) is 0 Å². The van der Waals surface area contributed by atoms with Gasteiger partial charge in [0.1, 0.15) is 0 Å². The van der Waals surface area contributed by atoms with E-state index in [1.807, 2.05) is 0 Å². The molecule has 0 aromatic rings. The second-order valence-corrected chi connectivity index (χ2v) is 0.575. The second kappa shape index (κ2) is 8.46. The van der Waals surface area contributed by atoms with Gasteiger partial charge >= 0.3 is 77.6 Å². The molecule has 4 nitrogen and oxygen atoms in total. The molecule has 6 heteroatoms. The zero-order chi connectivity index (χ0) is 5.15. The van der Waals surface area contributed by atoms with Crippen LogP contribution in [0.5, 0.6) is 0 Å². The Morgan fingerprint density at radius 1 is 1.00 bits per heavy atom. The third-order valence-corrected chi connectivity index (χ3v) is 0.167. The number of carbonyl (C=O) groups is 2. The summed E-state index contributed by atoms with van der Waals surface area (Å²) in [5.41, 5.74) is 0. The van der Waals surface area contributed by atoms with Crippen molar-refractivity contribution in [2.45, 2.75) is 0 Å². The molecule has 0 aromatic heterocycles. The predicted octanol–water partition coefficient (Wildman–Crippen LogP) is -6.51. The summed E-state index contributed by atoms with van der Waals surface area (Å²) in [5, 5.41) is 17.9. The summed E-state index contributed by atoms with van der Waals surface area (Å²) in [6.45, 7) is 0. The maximum atomic E-state index is 8.93. The number of hydrogen-bond acceptors (Lipinski definition) is 4. The topological polar surface area (TPSA) is 80.3 Å². The van der Waals surface area contributed by atoms with Crippen LogP contribution in [0.25, 0.3) is 0 Å². The fourth-order valence-corrected chi connectivity index (χ4v) is 0. The second-order valence-electron chi connectivity index (χ2n) is 0.575. The molecule has 0 aliphatic carbocycles. The molecule has 0 bridgehead atoms. The molecule has 0 unspecified atom stereocenters. The molecule has 0 saturated heterocycles. The summed E-state index contributed by atoms with van der Waals surface area (Å²) >= 11 is 0. The average Bonchev–Trinajstić information content (AvgIpc) is 1.36. The number of carboxylic acid groups (broad SMARTS) is 2. The van der Waals surface area contributed by atoms with Gasteiger partial charge in [0.25, 0.3) is 0 Å². The average molecular weight is 218 g/mol. The number of aliphatic carboxylic acids is 2. The largest absolute Gasteiger partial charge is 2.00 e. The van der Waals surface area contributed by atoms with Crippen molar-refractivity contribution in [2.24, 2.45) is 0 Å². The minimum absolute atomic E-state index is 0. The molecular weight excluding hydrogens is 218 g/mol. The monoisotopic (exact) mass is 217 g/mol. The van der Waals surface area contributed by atoms with Crippen molar-refractivity contribution >= 4 is 11.9 Å². The van der Waals surface area contributed by atoms with E-state index in [4.69, 9.17) is 19.8 Å². The van der Waals surface area contributed by atoms with Crippen LogP contribution >= 0.6 is 0 Å². The summed E-state index contributed by atoms with van der Waals surface area (Å²) in [4.78, 5) is 17.9. The molecule has 0 fully saturated rings. The van der Waals surface area contributed by atoms with Crippen LogP contribution in [-0.4, -0.2) is 11.9 Å². The Morgan fingerprint density at radius 2 is 1.12 bits per heavy atom. The van der Waals surface area contributed by atoms with Crippen molar-refractivity contribution in [1.82, 2.24) is 0 Å². The molecular formula is C2KO4Zr+. The molecule has 0 spiro atoms. The van der Waals surface area contributed by atoms with Gasteiger partial charge in [-0.05, 0) is 0 Å². The molecule has 36 valence electrons. The Bertz CT molecular complexity index is 80.0. The van der Waals surface area contributed by atoms with Crippen molar-refractivity contribution in [1.29, 1.82) is 0 Å². The van der Waals surface area contributed by atoms with E-state index in [1.54, 1.807) is 0 Å². The maximum Gasteiger partial charge on any atom is 2.00 e. The first-order valence-electron chi connectivity index (χ1n) is 1.07. The van der Waals surface area contributed by atoms with E-state index in [-0.39, 0.29) is 77.6 Å². The third-order valence-electron chi connectivity index (χ3n) is 0.167. The van der Waals surface area contributed by atoms with Crippen molar-refractivity contribution in [3.05, 3.63) is 0 Å². The standard InChI is InChI=1S/C2H2O4.K.Zr/c3-1(4)2(5)6;;/h(H,3,4)(H,5,6);;/q;+1;+2/p-2. The molecule has 0 atom stereocenters. The van der Waals surface area contributed by atoms with E-state index in [9.17, 15) is 0 Å². The summed E-state index contributed by atoms with van der Waals surface area (Å²) in [7, 11) is 0. The first-order valence-corrected chi connectivity index (χ1v) is 1.07. The van der Waals surface area contributed by atoms with Gasteiger partial charge < -0.3 is 19.8 Å². The minimum Gasteiger partial charge on any atom is -0.543 e. The summed E-state index contributed by atoms with van der Waals surface area (Å²) in [5.74, 6) is -4.37. The van der Waals surface area contributed by atoms with Gasteiger partial charge in [0, 0.05) is 0 Å². The van der Waals surface area contributed by atoms with Gasteiger partial charge in [-0.3, -0.25) is 0 Å². The van der Waals surface area contributed by atoms with Crippen LogP contribution in [0.1, 0.15) is 0 Å². The van der Waals surface area contributed by atoms with Crippen LogP contribution in [0, 0.1) is 0 Å². The van der Waals surface area contributed by atoms with Crippen molar-refractivity contribution in [3.63, 3.8) is 0 Å². The molecule has 0 radical (unpaired) electrons. The Labute approximate surface area is 107 Å². The van der Waals surface area contributed by atoms with Gasteiger partial charge in [-0.15, -0.1) is 0 Å². The van der Waals surface area contributed by atoms with Crippen LogP contribution in [-0.2, 0) is 35.8 Å². The molecule has 0 aliphatic heterocycles. The van der Waals surface area contributed by atoms with Crippen LogP contribution in [0.15, 0.2) is 0 Å². The molecule has 0 N–H and O–H groups in total. The quantitative estimate of drug-likeness (QED) is 0.299. The molecule has 0 heterocycles. The predicted molar refractivity (Wildman–Crippen MR) is 10.0 cm³/mol. The number of hydrogen-bond donors (Lipinski definition) is 0. The van der Waals surface area contributed by atoms with Gasteiger partial charge in [-0.25, -0.2) is 0 Å². The number of carboxylic acids is 2. The normalized spacial score (nSPS) is 5.50. The SMILES string of the molecule is O=C([O-])C(=O)[O-].[K+].[Zr+2]. The summed E-state index contributed by atoms with van der Waals surface area (Å²) < 4.78 is 0. The van der Waals surface area contributed by atoms with Crippen LogP contribution < -0.4 is 61.6 Å². The zero-order valence-electron chi connectivity index (χ0n) is 4.13. The van der Waals surface area contributed by atoms with Gasteiger partial charge in [-0.1, -0.05) is 0 Å². The van der Waals surface area contributed by atoms with Crippen molar-refractivity contribution in [2.75, 3.05) is 0 Å². The van der Waals surface area contributed by atoms with Crippen LogP contribution in [0.4, 0.5) is 0 Å².